The molecular weight excluding hydrogens is 420 g/mol. The van der Waals surface area contributed by atoms with Crippen LogP contribution in [0.3, 0.4) is 0 Å². The van der Waals surface area contributed by atoms with Crippen molar-refractivity contribution >= 4 is 50.7 Å². The van der Waals surface area contributed by atoms with Gasteiger partial charge in [0.25, 0.3) is 0 Å². The molecule has 1 aliphatic carbocycles. The van der Waals surface area contributed by atoms with Gasteiger partial charge < -0.3 is 20.5 Å². The molecule has 0 saturated heterocycles. The monoisotopic (exact) mass is 442 g/mol. The van der Waals surface area contributed by atoms with E-state index in [0.717, 1.165) is 23.1 Å². The lowest BCUT2D eigenvalue weighted by molar-refractivity contribution is -0.115. The summed E-state index contributed by atoms with van der Waals surface area (Å²) in [6.07, 6.45) is 4.54. The summed E-state index contributed by atoms with van der Waals surface area (Å²) in [6.45, 7) is 2.87. The molecular formula is C21H22N4O3S2. The number of hydrogen-bond donors (Lipinski definition) is 2. The largest absolute Gasteiger partial charge is 0.486 e. The quantitative estimate of drug-likeness (QED) is 0.465. The van der Waals surface area contributed by atoms with Gasteiger partial charge in [0.05, 0.1) is 10.6 Å². The average Bonchev–Trinajstić information content (AvgIpc) is 3.12. The van der Waals surface area contributed by atoms with Gasteiger partial charge in [-0.2, -0.15) is 0 Å². The second-order valence-electron chi connectivity index (χ2n) is 7.39. The lowest BCUT2D eigenvalue weighted by Crippen LogP contribution is -2.23. The summed E-state index contributed by atoms with van der Waals surface area (Å²) >= 11 is 3.02. The number of anilines is 2. The van der Waals surface area contributed by atoms with E-state index in [-0.39, 0.29) is 11.2 Å². The molecule has 9 heteroatoms. The molecule has 1 atom stereocenters. The molecule has 1 amide bonds. The van der Waals surface area contributed by atoms with E-state index in [0.29, 0.717) is 41.4 Å². The number of thiophene rings is 1. The number of nitrogen functional groups attached to an aromatic ring is 1. The normalized spacial score (nSPS) is 16.2. The Morgan fingerprint density at radius 2 is 2.00 bits per heavy atom. The van der Waals surface area contributed by atoms with Crippen LogP contribution < -0.4 is 20.5 Å². The predicted molar refractivity (Wildman–Crippen MR) is 120 cm³/mol. The summed E-state index contributed by atoms with van der Waals surface area (Å²) in [4.78, 5) is 24.2. The van der Waals surface area contributed by atoms with Crippen molar-refractivity contribution in [2.75, 3.05) is 24.3 Å². The Morgan fingerprint density at radius 3 is 2.87 bits per heavy atom. The van der Waals surface area contributed by atoms with Gasteiger partial charge in [-0.3, -0.25) is 4.79 Å². The lowest BCUT2D eigenvalue weighted by Gasteiger charge is -2.19. The van der Waals surface area contributed by atoms with Gasteiger partial charge in [0, 0.05) is 16.6 Å². The van der Waals surface area contributed by atoms with Gasteiger partial charge in [0.2, 0.25) is 5.91 Å². The van der Waals surface area contributed by atoms with Crippen molar-refractivity contribution in [3.63, 3.8) is 0 Å². The number of carbonyl (C=O) groups excluding carboxylic acids is 1. The maximum Gasteiger partial charge on any atom is 0.237 e. The Morgan fingerprint density at radius 1 is 1.20 bits per heavy atom. The zero-order chi connectivity index (χ0) is 20.7. The third-order valence-corrected chi connectivity index (χ3v) is 7.43. The van der Waals surface area contributed by atoms with E-state index in [9.17, 15) is 4.79 Å². The van der Waals surface area contributed by atoms with Gasteiger partial charge in [-0.25, -0.2) is 9.97 Å². The number of rotatable bonds is 4. The Kier molecular flexibility index (Phi) is 5.16. The summed E-state index contributed by atoms with van der Waals surface area (Å²) in [5.74, 6) is 1.71. The Balaban J connectivity index is 1.31. The van der Waals surface area contributed by atoms with Crippen molar-refractivity contribution < 1.29 is 14.3 Å². The zero-order valence-electron chi connectivity index (χ0n) is 16.6. The molecule has 3 N–H and O–H groups in total. The molecule has 3 heterocycles. The summed E-state index contributed by atoms with van der Waals surface area (Å²) in [6, 6.07) is 5.39. The van der Waals surface area contributed by atoms with Crippen molar-refractivity contribution in [3.8, 4) is 11.5 Å². The van der Waals surface area contributed by atoms with Crippen molar-refractivity contribution in [2.24, 2.45) is 0 Å². The predicted octanol–water partition coefficient (Wildman–Crippen LogP) is 4.04. The highest BCUT2D eigenvalue weighted by Crippen LogP contribution is 2.39. The highest BCUT2D eigenvalue weighted by Gasteiger charge is 2.22. The third kappa shape index (κ3) is 3.67. The highest BCUT2D eigenvalue weighted by atomic mass is 32.2. The maximum atomic E-state index is 12.7. The minimum absolute atomic E-state index is 0.135. The van der Waals surface area contributed by atoms with Crippen LogP contribution in [0, 0.1) is 0 Å². The first-order valence-electron chi connectivity index (χ1n) is 10.0. The van der Waals surface area contributed by atoms with E-state index in [1.165, 1.54) is 35.0 Å². The molecule has 0 fully saturated rings. The van der Waals surface area contributed by atoms with Crippen LogP contribution in [-0.2, 0) is 17.6 Å². The summed E-state index contributed by atoms with van der Waals surface area (Å²) in [7, 11) is 0. The highest BCUT2D eigenvalue weighted by molar-refractivity contribution is 8.00. The zero-order valence-corrected chi connectivity index (χ0v) is 18.2. The van der Waals surface area contributed by atoms with Crippen molar-refractivity contribution in [3.05, 3.63) is 28.6 Å². The number of nitrogens with two attached hydrogens (primary N) is 1. The van der Waals surface area contributed by atoms with Gasteiger partial charge >= 0.3 is 0 Å². The molecule has 1 aliphatic heterocycles. The second-order valence-corrected chi connectivity index (χ2v) is 9.78. The van der Waals surface area contributed by atoms with Gasteiger partial charge in [-0.1, -0.05) is 11.8 Å². The third-order valence-electron chi connectivity index (χ3n) is 5.28. The van der Waals surface area contributed by atoms with E-state index in [2.05, 4.69) is 10.3 Å². The van der Waals surface area contributed by atoms with E-state index in [1.54, 1.807) is 29.5 Å². The number of nitrogens with zero attached hydrogens (tertiary/aromatic N) is 2. The SMILES string of the molecule is CC(Sc1nc(N)c2c3c(sc2n1)CCCC3)C(=O)Nc1ccc2c(c1)OCCO2. The molecule has 1 unspecified atom stereocenters. The van der Waals surface area contributed by atoms with Crippen LogP contribution in [0.4, 0.5) is 11.5 Å². The summed E-state index contributed by atoms with van der Waals surface area (Å²) in [5, 5.41) is 4.08. The number of amides is 1. The summed E-state index contributed by atoms with van der Waals surface area (Å²) in [5.41, 5.74) is 8.27. The van der Waals surface area contributed by atoms with Gasteiger partial charge in [0.15, 0.2) is 16.7 Å². The first-order valence-corrected chi connectivity index (χ1v) is 11.7. The Bertz CT molecular complexity index is 1130. The minimum Gasteiger partial charge on any atom is -0.486 e. The number of thioether (sulfide) groups is 1. The van der Waals surface area contributed by atoms with Crippen LogP contribution in [0.2, 0.25) is 0 Å². The average molecular weight is 443 g/mol. The summed E-state index contributed by atoms with van der Waals surface area (Å²) < 4.78 is 11.1. The fraction of sp³-hybridized carbons (Fsp3) is 0.381. The van der Waals surface area contributed by atoms with E-state index in [1.807, 2.05) is 6.92 Å². The minimum atomic E-state index is -0.385. The molecule has 0 saturated carbocycles. The molecule has 2 aliphatic rings. The van der Waals surface area contributed by atoms with E-state index < -0.39 is 0 Å². The molecule has 3 aromatic rings. The number of aryl methyl sites for hydroxylation is 2. The van der Waals surface area contributed by atoms with Crippen LogP contribution in [0.25, 0.3) is 10.2 Å². The molecule has 1 aromatic carbocycles. The lowest BCUT2D eigenvalue weighted by atomic mass is 9.97. The number of aromatic nitrogens is 2. The Hall–Kier alpha value is -2.52. The van der Waals surface area contributed by atoms with Crippen LogP contribution >= 0.6 is 23.1 Å². The molecule has 0 bridgehead atoms. The van der Waals surface area contributed by atoms with E-state index >= 15 is 0 Å². The number of carbonyl (C=O) groups is 1. The van der Waals surface area contributed by atoms with Gasteiger partial charge in [-0.05, 0) is 50.3 Å². The van der Waals surface area contributed by atoms with Crippen molar-refractivity contribution in [2.45, 2.75) is 43.0 Å². The molecule has 7 nitrogen and oxygen atoms in total. The van der Waals surface area contributed by atoms with E-state index in [4.69, 9.17) is 20.2 Å². The fourth-order valence-corrected chi connectivity index (χ4v) is 5.90. The topological polar surface area (TPSA) is 99.4 Å². The number of fused-ring (bicyclic) bond motifs is 4. The number of benzene rings is 1. The van der Waals surface area contributed by atoms with Gasteiger partial charge in [-0.15, -0.1) is 11.3 Å². The number of nitrogens with one attached hydrogen (secondary N) is 1. The smallest absolute Gasteiger partial charge is 0.237 e. The molecule has 0 spiro atoms. The molecule has 30 heavy (non-hydrogen) atoms. The van der Waals surface area contributed by atoms with Gasteiger partial charge in [0.1, 0.15) is 23.9 Å². The Labute approximate surface area is 182 Å². The number of ether oxygens (including phenoxy) is 2. The van der Waals surface area contributed by atoms with Crippen LogP contribution in [0.1, 0.15) is 30.2 Å². The van der Waals surface area contributed by atoms with Crippen LogP contribution in [0.5, 0.6) is 11.5 Å². The standard InChI is InChI=1S/C21H22N4O3S2/c1-11(19(26)23-12-6-7-14-15(10-12)28-9-8-27-14)29-21-24-18(22)17-13-4-2-3-5-16(13)30-20(17)25-21/h6-7,10-11H,2-5,8-9H2,1H3,(H,23,26)(H2,22,24,25). The molecule has 2 aromatic heterocycles. The molecule has 0 radical (unpaired) electrons. The van der Waals surface area contributed by atoms with Crippen LogP contribution in [0.15, 0.2) is 23.4 Å². The fourth-order valence-electron chi connectivity index (χ4n) is 3.79. The molecule has 156 valence electrons. The van der Waals surface area contributed by atoms with Crippen molar-refractivity contribution in [1.29, 1.82) is 0 Å². The molecule has 5 rings (SSSR count). The van der Waals surface area contributed by atoms with Crippen LogP contribution in [-0.4, -0.2) is 34.3 Å². The van der Waals surface area contributed by atoms with Crippen molar-refractivity contribution in [1.82, 2.24) is 9.97 Å². The number of hydrogen-bond acceptors (Lipinski definition) is 8. The second kappa shape index (κ2) is 7.96. The first kappa shape index (κ1) is 19.4. The maximum absolute atomic E-state index is 12.7. The first-order chi connectivity index (χ1) is 14.6.